The van der Waals surface area contributed by atoms with Crippen molar-refractivity contribution < 1.29 is 17.9 Å². The van der Waals surface area contributed by atoms with Crippen molar-refractivity contribution in [2.75, 3.05) is 68.0 Å². The van der Waals surface area contributed by atoms with E-state index >= 15 is 0 Å². The summed E-state index contributed by atoms with van der Waals surface area (Å²) in [6, 6.07) is 8.84. The largest absolute Gasteiger partial charge is 0.378 e. The summed E-state index contributed by atoms with van der Waals surface area (Å²) in [6.45, 7) is 11.4. The molecule has 4 aliphatic heterocycles. The van der Waals surface area contributed by atoms with Gasteiger partial charge in [-0.3, -0.25) is 4.79 Å². The Hall–Kier alpha value is -1.84. The van der Waals surface area contributed by atoms with Gasteiger partial charge in [0.25, 0.3) is 0 Å². The normalized spacial score (nSPS) is 26.2. The van der Waals surface area contributed by atoms with E-state index in [9.17, 15) is 13.2 Å². The minimum atomic E-state index is -3.54. The van der Waals surface area contributed by atoms with E-state index < -0.39 is 15.1 Å². The summed E-state index contributed by atoms with van der Waals surface area (Å²) in [5.41, 5.74) is 7.85. The molecule has 0 radical (unpaired) electrons. The molecule has 4 aliphatic rings. The number of nitrogens with zero attached hydrogens (tertiary/aromatic N) is 3. The van der Waals surface area contributed by atoms with E-state index in [4.69, 9.17) is 10.5 Å². The van der Waals surface area contributed by atoms with Crippen molar-refractivity contribution >= 4 is 27.1 Å². The minimum Gasteiger partial charge on any atom is -0.378 e. The van der Waals surface area contributed by atoms with Gasteiger partial charge in [0.05, 0.1) is 25.0 Å². The standard InChI is InChI=1S/C24H38N4O4S/c1-18(33(30,31)13-8-25)23(29)27-15-19-14-24(2,3)22(17-27)28(16-19)21-6-4-20(5-7-21)26-9-11-32-12-10-26/h4-7,18-19,22H,8-17,25H2,1-3H3/t18?,19-,22-/m1/s1. The first-order chi connectivity index (χ1) is 15.6. The number of carbonyl (C=O) groups excluding carboxylic acids is 1. The van der Waals surface area contributed by atoms with Gasteiger partial charge < -0.3 is 25.2 Å². The first kappa shape index (κ1) is 24.3. The molecule has 0 saturated carbocycles. The lowest BCUT2D eigenvalue weighted by Gasteiger charge is -2.48. The second-order valence-corrected chi connectivity index (χ2v) is 12.8. The van der Waals surface area contributed by atoms with E-state index in [0.29, 0.717) is 19.0 Å². The van der Waals surface area contributed by atoms with E-state index in [-0.39, 0.29) is 29.7 Å². The molecular formula is C24H38N4O4S. The highest BCUT2D eigenvalue weighted by molar-refractivity contribution is 7.92. The highest BCUT2D eigenvalue weighted by atomic mass is 32.2. The molecule has 2 bridgehead atoms. The maximum Gasteiger partial charge on any atom is 0.240 e. The summed E-state index contributed by atoms with van der Waals surface area (Å²) in [6.07, 6.45) is 1.02. The molecule has 1 aromatic carbocycles. The van der Waals surface area contributed by atoms with Crippen LogP contribution in [0.25, 0.3) is 0 Å². The summed E-state index contributed by atoms with van der Waals surface area (Å²) < 4.78 is 30.5. The monoisotopic (exact) mass is 478 g/mol. The fraction of sp³-hybridized carbons (Fsp3) is 0.708. The molecule has 4 saturated heterocycles. The molecular weight excluding hydrogens is 440 g/mol. The van der Waals surface area contributed by atoms with Gasteiger partial charge in [-0.15, -0.1) is 0 Å². The van der Waals surface area contributed by atoms with Crippen LogP contribution in [0.15, 0.2) is 24.3 Å². The number of hydrogen-bond donors (Lipinski definition) is 1. The van der Waals surface area contributed by atoms with Crippen LogP contribution in [0, 0.1) is 11.3 Å². The molecule has 2 N–H and O–H groups in total. The molecule has 1 aromatic rings. The van der Waals surface area contributed by atoms with Gasteiger partial charge in [-0.1, -0.05) is 13.8 Å². The third-order valence-corrected chi connectivity index (χ3v) is 9.66. The van der Waals surface area contributed by atoms with Crippen molar-refractivity contribution in [3.8, 4) is 0 Å². The molecule has 3 atom stereocenters. The lowest BCUT2D eigenvalue weighted by Crippen LogP contribution is -2.54. The van der Waals surface area contributed by atoms with Crippen LogP contribution in [-0.4, -0.2) is 88.8 Å². The third kappa shape index (κ3) is 5.00. The van der Waals surface area contributed by atoms with Crippen molar-refractivity contribution in [2.45, 2.75) is 38.5 Å². The lowest BCUT2D eigenvalue weighted by molar-refractivity contribution is -0.130. The predicted molar refractivity (Wildman–Crippen MR) is 131 cm³/mol. The van der Waals surface area contributed by atoms with Crippen LogP contribution in [0.1, 0.15) is 27.2 Å². The average molecular weight is 479 g/mol. The van der Waals surface area contributed by atoms with Crippen LogP contribution in [0.4, 0.5) is 11.4 Å². The number of rotatable bonds is 6. The number of nitrogens with two attached hydrogens (primary N) is 1. The predicted octanol–water partition coefficient (Wildman–Crippen LogP) is 1.35. The summed E-state index contributed by atoms with van der Waals surface area (Å²) in [5.74, 6) is -0.153. The maximum atomic E-state index is 13.2. The van der Waals surface area contributed by atoms with Gasteiger partial charge in [-0.05, 0) is 48.9 Å². The van der Waals surface area contributed by atoms with Gasteiger partial charge in [0, 0.05) is 50.6 Å². The number of amides is 1. The summed E-state index contributed by atoms with van der Waals surface area (Å²) in [4.78, 5) is 19.8. The second kappa shape index (κ2) is 9.43. The number of sulfone groups is 1. The topological polar surface area (TPSA) is 96.2 Å². The van der Waals surface area contributed by atoms with Crippen molar-refractivity contribution in [3.05, 3.63) is 24.3 Å². The van der Waals surface area contributed by atoms with Gasteiger partial charge in [-0.2, -0.15) is 0 Å². The van der Waals surface area contributed by atoms with E-state index in [1.54, 1.807) is 4.90 Å². The van der Waals surface area contributed by atoms with Crippen LogP contribution >= 0.6 is 0 Å². The Morgan fingerprint density at radius 2 is 1.76 bits per heavy atom. The number of carbonyl (C=O) groups is 1. The number of ether oxygens (including phenoxy) is 1. The number of morpholine rings is 1. The van der Waals surface area contributed by atoms with Crippen molar-refractivity contribution in [2.24, 2.45) is 17.1 Å². The third-order valence-electron chi connectivity index (χ3n) is 7.58. The Morgan fingerprint density at radius 1 is 1.12 bits per heavy atom. The molecule has 8 nitrogen and oxygen atoms in total. The molecule has 0 aliphatic carbocycles. The molecule has 9 heteroatoms. The van der Waals surface area contributed by atoms with E-state index in [1.807, 2.05) is 0 Å². The van der Waals surface area contributed by atoms with Crippen LogP contribution in [0.5, 0.6) is 0 Å². The van der Waals surface area contributed by atoms with Crippen LogP contribution < -0.4 is 15.5 Å². The molecule has 0 aromatic heterocycles. The first-order valence-corrected chi connectivity index (χ1v) is 13.7. The van der Waals surface area contributed by atoms with E-state index in [1.165, 1.54) is 12.6 Å². The van der Waals surface area contributed by atoms with Crippen molar-refractivity contribution in [1.82, 2.24) is 4.90 Å². The Morgan fingerprint density at radius 3 is 2.39 bits per heavy atom. The zero-order valence-electron chi connectivity index (χ0n) is 20.1. The molecule has 4 heterocycles. The number of fused-ring (bicyclic) bond motifs is 4. The number of hydrogen-bond acceptors (Lipinski definition) is 7. The minimum absolute atomic E-state index is 0.0141. The number of piperidine rings is 1. The quantitative estimate of drug-likeness (QED) is 0.659. The van der Waals surface area contributed by atoms with Gasteiger partial charge in [0.15, 0.2) is 9.84 Å². The first-order valence-electron chi connectivity index (χ1n) is 12.0. The fourth-order valence-electron chi connectivity index (χ4n) is 5.73. The molecule has 33 heavy (non-hydrogen) atoms. The Balaban J connectivity index is 1.54. The highest BCUT2D eigenvalue weighted by Gasteiger charge is 2.47. The summed E-state index contributed by atoms with van der Waals surface area (Å²) in [5, 5.41) is -1.05. The maximum absolute atomic E-state index is 13.2. The second-order valence-electron chi connectivity index (χ2n) is 10.4. The molecule has 5 rings (SSSR count). The van der Waals surface area contributed by atoms with E-state index in [0.717, 1.165) is 45.0 Å². The number of benzene rings is 1. The highest BCUT2D eigenvalue weighted by Crippen LogP contribution is 2.43. The van der Waals surface area contributed by atoms with Crippen molar-refractivity contribution in [1.29, 1.82) is 0 Å². The molecule has 4 fully saturated rings. The van der Waals surface area contributed by atoms with Crippen LogP contribution in [-0.2, 0) is 19.4 Å². The Labute approximate surface area is 198 Å². The van der Waals surface area contributed by atoms with Gasteiger partial charge in [-0.25, -0.2) is 8.42 Å². The fourth-order valence-corrected chi connectivity index (χ4v) is 6.87. The van der Waals surface area contributed by atoms with E-state index in [2.05, 4.69) is 47.9 Å². The zero-order chi connectivity index (χ0) is 23.8. The van der Waals surface area contributed by atoms with Crippen LogP contribution in [0.3, 0.4) is 0 Å². The number of anilines is 2. The molecule has 184 valence electrons. The lowest BCUT2D eigenvalue weighted by atomic mass is 9.73. The Bertz CT molecular complexity index is 944. The van der Waals surface area contributed by atoms with Gasteiger partial charge in [0.2, 0.25) is 5.91 Å². The SMILES string of the molecule is CC(C(=O)N1C[C@@H]2CN(c3ccc(N4CCOCC4)cc3)[C@H](C1)C(C)(C)C2)S(=O)(=O)CCN. The zero-order valence-corrected chi connectivity index (χ0v) is 20.9. The smallest absolute Gasteiger partial charge is 0.240 e. The summed E-state index contributed by atoms with van der Waals surface area (Å²) >= 11 is 0. The Kier molecular flexibility index (Phi) is 6.94. The summed E-state index contributed by atoms with van der Waals surface area (Å²) in [7, 11) is -3.54. The molecule has 1 amide bonds. The average Bonchev–Trinajstić information content (AvgIpc) is 3.06. The molecule has 1 unspecified atom stereocenters. The van der Waals surface area contributed by atoms with Gasteiger partial charge >= 0.3 is 0 Å². The van der Waals surface area contributed by atoms with Crippen LogP contribution in [0.2, 0.25) is 0 Å². The molecule has 0 spiro atoms. The van der Waals surface area contributed by atoms with Crippen molar-refractivity contribution in [3.63, 3.8) is 0 Å². The van der Waals surface area contributed by atoms with Gasteiger partial charge in [0.1, 0.15) is 5.25 Å².